The normalized spacial score (nSPS) is 15.7. The second-order valence-electron chi connectivity index (χ2n) is 8.80. The van der Waals surface area contributed by atoms with Crippen LogP contribution in [0.4, 0.5) is 22.0 Å². The van der Waals surface area contributed by atoms with Gasteiger partial charge in [-0.15, -0.1) is 0 Å². The lowest BCUT2D eigenvalue weighted by Gasteiger charge is -2.33. The molecule has 3 aromatic carbocycles. The van der Waals surface area contributed by atoms with Gasteiger partial charge in [0.1, 0.15) is 11.6 Å². The number of benzene rings is 3. The average molecular weight is 494 g/mol. The summed E-state index contributed by atoms with van der Waals surface area (Å²) in [6, 6.07) is 17.0. The summed E-state index contributed by atoms with van der Waals surface area (Å²) in [4.78, 5) is 2.30. The molecule has 1 heterocycles. The maximum Gasteiger partial charge on any atom is 0.417 e. The Morgan fingerprint density at radius 2 is 1.35 bits per heavy atom. The Hall–Kier alpha value is -2.44. The zero-order valence-electron chi connectivity index (χ0n) is 18.5. The van der Waals surface area contributed by atoms with Crippen LogP contribution in [0.1, 0.15) is 53.4 Å². The summed E-state index contributed by atoms with van der Waals surface area (Å²) >= 11 is 5.76. The molecular formula is C27H25ClF5N. The van der Waals surface area contributed by atoms with Crippen molar-refractivity contribution in [2.24, 2.45) is 0 Å². The number of likely N-dealkylation sites (tertiary alicyclic amines) is 1. The van der Waals surface area contributed by atoms with Crippen molar-refractivity contribution < 1.29 is 22.0 Å². The molecule has 0 radical (unpaired) electrons. The first kappa shape index (κ1) is 24.7. The summed E-state index contributed by atoms with van der Waals surface area (Å²) < 4.78 is 66.6. The quantitative estimate of drug-likeness (QED) is 0.314. The van der Waals surface area contributed by atoms with E-state index in [1.807, 2.05) is 0 Å². The number of piperidine rings is 1. The van der Waals surface area contributed by atoms with Crippen LogP contribution in [-0.4, -0.2) is 24.5 Å². The largest absolute Gasteiger partial charge is 0.417 e. The summed E-state index contributed by atoms with van der Waals surface area (Å²) in [5.74, 6) is -0.566. The van der Waals surface area contributed by atoms with E-state index >= 15 is 0 Å². The Balaban J connectivity index is 1.41. The van der Waals surface area contributed by atoms with Gasteiger partial charge < -0.3 is 4.90 Å². The molecule has 0 unspecified atom stereocenters. The maximum absolute atomic E-state index is 13.4. The van der Waals surface area contributed by atoms with E-state index in [1.54, 1.807) is 30.3 Å². The number of halogens is 6. The maximum atomic E-state index is 13.4. The van der Waals surface area contributed by atoms with Crippen LogP contribution in [0, 0.1) is 11.6 Å². The van der Waals surface area contributed by atoms with E-state index in [-0.39, 0.29) is 28.5 Å². The van der Waals surface area contributed by atoms with E-state index in [2.05, 4.69) is 4.90 Å². The number of nitrogens with zero attached hydrogens (tertiary/aromatic N) is 1. The molecule has 1 aliphatic heterocycles. The Kier molecular flexibility index (Phi) is 7.58. The minimum absolute atomic E-state index is 0.00969. The van der Waals surface area contributed by atoms with Gasteiger partial charge in [-0.2, -0.15) is 13.2 Å². The van der Waals surface area contributed by atoms with Gasteiger partial charge in [0.2, 0.25) is 0 Å². The fourth-order valence-corrected chi connectivity index (χ4v) is 4.96. The average Bonchev–Trinajstić information content (AvgIpc) is 2.81. The summed E-state index contributed by atoms with van der Waals surface area (Å²) in [7, 11) is 0. The Bertz CT molecular complexity index is 1040. The molecule has 0 aliphatic carbocycles. The SMILES string of the molecule is Fc1ccc(C(CCN2CCC(c3ccc(Cl)c(C(F)(F)F)c3)CC2)c2ccc(F)cc2)cc1. The number of hydrogen-bond acceptors (Lipinski definition) is 1. The fraction of sp³-hybridized carbons (Fsp3) is 0.333. The molecule has 1 fully saturated rings. The highest BCUT2D eigenvalue weighted by atomic mass is 35.5. The zero-order chi connectivity index (χ0) is 24.3. The molecule has 0 N–H and O–H groups in total. The molecule has 0 atom stereocenters. The van der Waals surface area contributed by atoms with Gasteiger partial charge in [0.25, 0.3) is 0 Å². The third kappa shape index (κ3) is 5.97. The molecule has 1 nitrogen and oxygen atoms in total. The van der Waals surface area contributed by atoms with E-state index in [9.17, 15) is 22.0 Å². The van der Waals surface area contributed by atoms with E-state index in [0.29, 0.717) is 5.56 Å². The van der Waals surface area contributed by atoms with E-state index in [0.717, 1.165) is 50.0 Å². The standard InChI is InChI=1S/C27H25ClF5N/c28-26-10-5-21(17-25(26)27(31,32)33)18-11-14-34(15-12-18)16-13-24(19-1-6-22(29)7-2-19)20-3-8-23(30)9-4-20/h1-10,17-18,24H,11-16H2. The minimum Gasteiger partial charge on any atom is -0.303 e. The predicted molar refractivity (Wildman–Crippen MR) is 124 cm³/mol. The Morgan fingerprint density at radius 1 is 0.824 bits per heavy atom. The van der Waals surface area contributed by atoms with Crippen molar-refractivity contribution in [2.45, 2.75) is 37.3 Å². The van der Waals surface area contributed by atoms with Crippen LogP contribution in [0.25, 0.3) is 0 Å². The molecule has 34 heavy (non-hydrogen) atoms. The summed E-state index contributed by atoms with van der Waals surface area (Å²) in [5.41, 5.74) is 1.81. The lowest BCUT2D eigenvalue weighted by Crippen LogP contribution is -2.34. The van der Waals surface area contributed by atoms with Gasteiger partial charge in [0.05, 0.1) is 10.6 Å². The number of alkyl halides is 3. The van der Waals surface area contributed by atoms with Gasteiger partial charge >= 0.3 is 6.18 Å². The summed E-state index contributed by atoms with van der Waals surface area (Å²) in [6.45, 7) is 2.32. The van der Waals surface area contributed by atoms with Crippen LogP contribution in [0.2, 0.25) is 5.02 Å². The van der Waals surface area contributed by atoms with Gasteiger partial charge in [-0.25, -0.2) is 8.78 Å². The van der Waals surface area contributed by atoms with Crippen molar-refractivity contribution in [3.8, 4) is 0 Å². The third-order valence-corrected chi connectivity index (χ3v) is 6.96. The predicted octanol–water partition coefficient (Wildman–Crippen LogP) is 8.04. The van der Waals surface area contributed by atoms with Gasteiger partial charge in [0, 0.05) is 5.92 Å². The molecule has 7 heteroatoms. The lowest BCUT2D eigenvalue weighted by atomic mass is 9.86. The number of rotatable bonds is 6. The Labute approximate surface area is 201 Å². The van der Waals surface area contributed by atoms with Gasteiger partial charge in [0.15, 0.2) is 0 Å². The van der Waals surface area contributed by atoms with Crippen molar-refractivity contribution in [3.63, 3.8) is 0 Å². The first-order valence-corrected chi connectivity index (χ1v) is 11.7. The lowest BCUT2D eigenvalue weighted by molar-refractivity contribution is -0.137. The van der Waals surface area contributed by atoms with E-state index in [4.69, 9.17) is 11.6 Å². The number of hydrogen-bond donors (Lipinski definition) is 0. The summed E-state index contributed by atoms with van der Waals surface area (Å²) in [6.07, 6.45) is -2.18. The minimum atomic E-state index is -4.47. The summed E-state index contributed by atoms with van der Waals surface area (Å²) in [5, 5.41) is -0.277. The van der Waals surface area contributed by atoms with Crippen molar-refractivity contribution in [2.75, 3.05) is 19.6 Å². The molecule has 0 saturated carbocycles. The molecule has 3 aromatic rings. The fourth-order valence-electron chi connectivity index (χ4n) is 4.73. The van der Waals surface area contributed by atoms with E-state index < -0.39 is 11.7 Å². The molecule has 1 saturated heterocycles. The highest BCUT2D eigenvalue weighted by Gasteiger charge is 2.34. The van der Waals surface area contributed by atoms with Crippen LogP contribution in [-0.2, 0) is 6.18 Å². The van der Waals surface area contributed by atoms with Crippen LogP contribution >= 0.6 is 11.6 Å². The molecule has 0 spiro atoms. The van der Waals surface area contributed by atoms with Crippen molar-refractivity contribution in [1.29, 1.82) is 0 Å². The van der Waals surface area contributed by atoms with E-state index in [1.165, 1.54) is 36.4 Å². The first-order valence-electron chi connectivity index (χ1n) is 11.3. The van der Waals surface area contributed by atoms with Crippen molar-refractivity contribution in [1.82, 2.24) is 4.90 Å². The molecular weight excluding hydrogens is 469 g/mol. The van der Waals surface area contributed by atoms with Crippen molar-refractivity contribution >= 4 is 11.6 Å². The van der Waals surface area contributed by atoms with Crippen LogP contribution in [0.3, 0.4) is 0 Å². The molecule has 1 aliphatic rings. The molecule has 0 bridgehead atoms. The topological polar surface area (TPSA) is 3.24 Å². The second-order valence-corrected chi connectivity index (χ2v) is 9.20. The van der Waals surface area contributed by atoms with Gasteiger partial charge in [-0.05, 0) is 97.9 Å². The second kappa shape index (κ2) is 10.4. The van der Waals surface area contributed by atoms with Gasteiger partial charge in [-0.1, -0.05) is 41.9 Å². The third-order valence-electron chi connectivity index (χ3n) is 6.63. The highest BCUT2D eigenvalue weighted by Crippen LogP contribution is 2.38. The monoisotopic (exact) mass is 493 g/mol. The van der Waals surface area contributed by atoms with Crippen molar-refractivity contribution in [3.05, 3.63) is 106 Å². The van der Waals surface area contributed by atoms with Gasteiger partial charge in [-0.3, -0.25) is 0 Å². The van der Waals surface area contributed by atoms with Crippen LogP contribution in [0.15, 0.2) is 66.7 Å². The molecule has 0 amide bonds. The Morgan fingerprint density at radius 3 is 1.85 bits per heavy atom. The molecule has 4 rings (SSSR count). The molecule has 0 aromatic heterocycles. The highest BCUT2D eigenvalue weighted by molar-refractivity contribution is 6.31. The zero-order valence-corrected chi connectivity index (χ0v) is 19.2. The van der Waals surface area contributed by atoms with Crippen LogP contribution in [0.5, 0.6) is 0 Å². The molecule has 180 valence electrons. The first-order chi connectivity index (χ1) is 16.2. The smallest absolute Gasteiger partial charge is 0.303 e. The van der Waals surface area contributed by atoms with Crippen LogP contribution < -0.4 is 0 Å².